The molecule has 0 unspecified atom stereocenters. The van der Waals surface area contributed by atoms with Crippen LogP contribution >= 0.6 is 11.6 Å². The Labute approximate surface area is 122 Å². The van der Waals surface area contributed by atoms with E-state index < -0.39 is 4.92 Å². The number of hydrogen-bond donors (Lipinski definition) is 2. The first kappa shape index (κ1) is 14.5. The zero-order valence-electron chi connectivity index (χ0n) is 10.3. The van der Waals surface area contributed by atoms with E-state index in [4.69, 9.17) is 27.3 Å². The van der Waals surface area contributed by atoms with E-state index in [1.165, 1.54) is 30.6 Å². The Hall–Kier alpha value is -2.94. The first-order chi connectivity index (χ1) is 10.0. The third-order valence-electron chi connectivity index (χ3n) is 2.36. The highest BCUT2D eigenvalue weighted by Gasteiger charge is 2.22. The molecule has 0 saturated heterocycles. The van der Waals surface area contributed by atoms with E-state index in [1.54, 1.807) is 0 Å². The van der Waals surface area contributed by atoms with Crippen LogP contribution in [0.5, 0.6) is 11.6 Å². The van der Waals surface area contributed by atoms with E-state index in [1.807, 2.05) is 0 Å². The molecular formula is C11H8ClN5O4. The normalized spacial score (nSPS) is 11.2. The number of aromatic nitrogens is 2. The highest BCUT2D eigenvalue weighted by atomic mass is 35.5. The van der Waals surface area contributed by atoms with Crippen LogP contribution in [0.1, 0.15) is 5.69 Å². The van der Waals surface area contributed by atoms with Crippen LogP contribution in [0.2, 0.25) is 5.02 Å². The fourth-order valence-corrected chi connectivity index (χ4v) is 1.67. The van der Waals surface area contributed by atoms with Crippen LogP contribution in [0.4, 0.5) is 5.69 Å². The van der Waals surface area contributed by atoms with Crippen molar-refractivity contribution in [2.75, 3.05) is 0 Å². The number of para-hydroxylation sites is 1. The highest BCUT2D eigenvalue weighted by Crippen LogP contribution is 2.37. The molecule has 0 radical (unpaired) electrons. The molecule has 108 valence electrons. The highest BCUT2D eigenvalue weighted by molar-refractivity contribution is 6.32. The van der Waals surface area contributed by atoms with Gasteiger partial charge in [-0.3, -0.25) is 10.1 Å². The van der Waals surface area contributed by atoms with Gasteiger partial charge in [0, 0.05) is 18.5 Å². The third-order valence-corrected chi connectivity index (χ3v) is 2.65. The molecule has 21 heavy (non-hydrogen) atoms. The molecule has 0 spiro atoms. The van der Waals surface area contributed by atoms with Gasteiger partial charge in [-0.15, -0.1) is 0 Å². The number of nitrogens with zero attached hydrogens (tertiary/aromatic N) is 4. The Bertz CT molecular complexity index is 722. The van der Waals surface area contributed by atoms with Crippen molar-refractivity contribution < 1.29 is 14.9 Å². The number of benzene rings is 1. The summed E-state index contributed by atoms with van der Waals surface area (Å²) in [4.78, 5) is 18.0. The average molecular weight is 310 g/mol. The molecule has 0 aliphatic heterocycles. The Morgan fingerprint density at radius 2 is 2.14 bits per heavy atom. The second kappa shape index (κ2) is 6.01. The molecular weight excluding hydrogens is 302 g/mol. The van der Waals surface area contributed by atoms with Gasteiger partial charge < -0.3 is 15.7 Å². The van der Waals surface area contributed by atoms with Crippen LogP contribution in [0.25, 0.3) is 0 Å². The van der Waals surface area contributed by atoms with Gasteiger partial charge in [-0.25, -0.2) is 9.97 Å². The molecule has 0 saturated carbocycles. The lowest BCUT2D eigenvalue weighted by Crippen LogP contribution is -2.16. The lowest BCUT2D eigenvalue weighted by atomic mass is 10.3. The fourth-order valence-electron chi connectivity index (χ4n) is 1.46. The van der Waals surface area contributed by atoms with Crippen LogP contribution in [0, 0.1) is 10.1 Å². The summed E-state index contributed by atoms with van der Waals surface area (Å²) in [5.41, 5.74) is 5.01. The van der Waals surface area contributed by atoms with E-state index in [-0.39, 0.29) is 33.9 Å². The Morgan fingerprint density at radius 1 is 1.43 bits per heavy atom. The number of amidine groups is 1. The van der Waals surface area contributed by atoms with E-state index in [2.05, 4.69) is 15.1 Å². The molecule has 0 aliphatic carbocycles. The van der Waals surface area contributed by atoms with Crippen LogP contribution in [-0.2, 0) is 0 Å². The van der Waals surface area contributed by atoms with Gasteiger partial charge in [-0.1, -0.05) is 22.8 Å². The van der Waals surface area contributed by atoms with Crippen molar-refractivity contribution >= 4 is 23.1 Å². The van der Waals surface area contributed by atoms with Crippen LogP contribution in [0.3, 0.4) is 0 Å². The lowest BCUT2D eigenvalue weighted by molar-refractivity contribution is -0.385. The minimum absolute atomic E-state index is 0.0142. The number of nitrogens with two attached hydrogens (primary N) is 1. The zero-order valence-corrected chi connectivity index (χ0v) is 11.1. The topological polar surface area (TPSA) is 137 Å². The second-order valence-electron chi connectivity index (χ2n) is 3.64. The van der Waals surface area contributed by atoms with Crippen molar-refractivity contribution in [3.05, 3.63) is 51.4 Å². The van der Waals surface area contributed by atoms with Gasteiger partial charge in [-0.2, -0.15) is 0 Å². The zero-order chi connectivity index (χ0) is 15.4. The first-order valence-electron chi connectivity index (χ1n) is 5.44. The lowest BCUT2D eigenvalue weighted by Gasteiger charge is -2.09. The SMILES string of the molecule is N/C(=N/O)c1nccnc1Oc1c(Cl)cccc1[N+](=O)[O-]. The van der Waals surface area contributed by atoms with E-state index in [9.17, 15) is 10.1 Å². The minimum atomic E-state index is -0.652. The summed E-state index contributed by atoms with van der Waals surface area (Å²) in [6.45, 7) is 0. The van der Waals surface area contributed by atoms with Crippen molar-refractivity contribution in [1.29, 1.82) is 0 Å². The summed E-state index contributed by atoms with van der Waals surface area (Å²) in [6, 6.07) is 4.05. The maximum atomic E-state index is 11.0. The predicted molar refractivity (Wildman–Crippen MR) is 72.7 cm³/mol. The molecule has 2 rings (SSSR count). The number of nitro benzene ring substituents is 1. The van der Waals surface area contributed by atoms with Gasteiger partial charge in [0.25, 0.3) is 0 Å². The van der Waals surface area contributed by atoms with Gasteiger partial charge in [-0.05, 0) is 6.07 Å². The number of nitro groups is 1. The van der Waals surface area contributed by atoms with Gasteiger partial charge >= 0.3 is 5.69 Å². The molecule has 0 aliphatic rings. The van der Waals surface area contributed by atoms with Gasteiger partial charge in [0.15, 0.2) is 11.5 Å². The monoisotopic (exact) mass is 309 g/mol. The molecule has 0 atom stereocenters. The number of oxime groups is 1. The molecule has 0 amide bonds. The van der Waals surface area contributed by atoms with E-state index in [0.29, 0.717) is 0 Å². The first-order valence-corrected chi connectivity index (χ1v) is 5.82. The standard InChI is InChI=1S/C11H8ClN5O4/c12-6-2-1-3-7(17(19)20)9(6)21-11-8(10(13)16-18)14-4-5-15-11/h1-5,18H,(H2,13,16). The molecule has 0 fully saturated rings. The summed E-state index contributed by atoms with van der Waals surface area (Å²) < 4.78 is 5.34. The van der Waals surface area contributed by atoms with Gasteiger partial charge in [0.05, 0.1) is 9.95 Å². The number of hydrogen-bond acceptors (Lipinski definition) is 7. The summed E-state index contributed by atoms with van der Waals surface area (Å²) in [7, 11) is 0. The third kappa shape index (κ3) is 2.98. The van der Waals surface area contributed by atoms with Crippen LogP contribution < -0.4 is 10.5 Å². The molecule has 1 heterocycles. The summed E-state index contributed by atoms with van der Waals surface area (Å²) in [6.07, 6.45) is 2.58. The number of halogens is 1. The maximum absolute atomic E-state index is 11.0. The van der Waals surface area contributed by atoms with Gasteiger partial charge in [0.1, 0.15) is 0 Å². The molecule has 0 bridgehead atoms. The fraction of sp³-hybridized carbons (Fsp3) is 0. The molecule has 1 aromatic heterocycles. The maximum Gasteiger partial charge on any atom is 0.313 e. The number of rotatable bonds is 4. The number of ether oxygens (including phenoxy) is 1. The Balaban J connectivity index is 2.52. The smallest absolute Gasteiger partial charge is 0.313 e. The molecule has 10 heteroatoms. The summed E-state index contributed by atoms with van der Waals surface area (Å²) >= 11 is 5.90. The summed E-state index contributed by atoms with van der Waals surface area (Å²) in [5, 5.41) is 22.5. The second-order valence-corrected chi connectivity index (χ2v) is 4.05. The van der Waals surface area contributed by atoms with E-state index >= 15 is 0 Å². The molecule has 1 aromatic carbocycles. The quantitative estimate of drug-likeness (QED) is 0.289. The van der Waals surface area contributed by atoms with Crippen LogP contribution in [0.15, 0.2) is 35.7 Å². The molecule has 9 nitrogen and oxygen atoms in total. The van der Waals surface area contributed by atoms with E-state index in [0.717, 1.165) is 0 Å². The van der Waals surface area contributed by atoms with Crippen molar-refractivity contribution in [3.63, 3.8) is 0 Å². The average Bonchev–Trinajstić information content (AvgIpc) is 2.48. The largest absolute Gasteiger partial charge is 0.428 e. The minimum Gasteiger partial charge on any atom is -0.428 e. The molecule has 2 aromatic rings. The Morgan fingerprint density at radius 3 is 2.81 bits per heavy atom. The van der Waals surface area contributed by atoms with Crippen molar-refractivity contribution in [3.8, 4) is 11.6 Å². The molecule has 3 N–H and O–H groups in total. The Kier molecular flexibility index (Phi) is 4.14. The predicted octanol–water partition coefficient (Wildman–Crippen LogP) is 1.92. The van der Waals surface area contributed by atoms with Crippen LogP contribution in [-0.4, -0.2) is 25.9 Å². The summed E-state index contributed by atoms with van der Waals surface area (Å²) in [5.74, 6) is -0.742. The van der Waals surface area contributed by atoms with Crippen molar-refractivity contribution in [2.45, 2.75) is 0 Å². The van der Waals surface area contributed by atoms with Crippen molar-refractivity contribution in [1.82, 2.24) is 9.97 Å². The van der Waals surface area contributed by atoms with Gasteiger partial charge in [0.2, 0.25) is 11.6 Å². The van der Waals surface area contributed by atoms with Crippen molar-refractivity contribution in [2.24, 2.45) is 10.9 Å².